The molecule has 1 fully saturated rings. The summed E-state index contributed by atoms with van der Waals surface area (Å²) in [6, 6.07) is 5.63. The second-order valence-corrected chi connectivity index (χ2v) is 4.57. The summed E-state index contributed by atoms with van der Waals surface area (Å²) in [7, 11) is 0. The number of piperazine rings is 1. The monoisotopic (exact) mass is 306 g/mol. The molecule has 5 heteroatoms. The van der Waals surface area contributed by atoms with Crippen LogP contribution in [-0.2, 0) is 6.54 Å². The van der Waals surface area contributed by atoms with Gasteiger partial charge in [-0.2, -0.15) is 0 Å². The predicted molar refractivity (Wildman–Crippen MR) is 71.2 cm³/mol. The van der Waals surface area contributed by atoms with Gasteiger partial charge in [-0.3, -0.25) is 4.90 Å². The standard InChI is InChI=1S/C11H15BrN2O.ClH/c12-11-9(2-1-3-10(11)15)8-14-6-4-13-5-7-14;/h1-3,13,15H,4-8H2;1H. The highest BCUT2D eigenvalue weighted by molar-refractivity contribution is 9.10. The van der Waals surface area contributed by atoms with Crippen molar-refractivity contribution in [3.8, 4) is 5.75 Å². The zero-order chi connectivity index (χ0) is 10.7. The molecule has 0 saturated carbocycles. The second-order valence-electron chi connectivity index (χ2n) is 3.78. The van der Waals surface area contributed by atoms with Gasteiger partial charge in [0.2, 0.25) is 0 Å². The number of halogens is 2. The van der Waals surface area contributed by atoms with Gasteiger partial charge in [-0.05, 0) is 27.6 Å². The Balaban J connectivity index is 0.00000128. The van der Waals surface area contributed by atoms with E-state index in [1.165, 1.54) is 0 Å². The molecule has 2 N–H and O–H groups in total. The van der Waals surface area contributed by atoms with E-state index in [1.807, 2.05) is 12.1 Å². The van der Waals surface area contributed by atoms with Gasteiger partial charge in [-0.15, -0.1) is 12.4 Å². The molecule has 0 aliphatic carbocycles. The van der Waals surface area contributed by atoms with Gasteiger partial charge in [0, 0.05) is 32.7 Å². The predicted octanol–water partition coefficient (Wildman–Crippen LogP) is 1.98. The molecular weight excluding hydrogens is 291 g/mol. The lowest BCUT2D eigenvalue weighted by molar-refractivity contribution is 0.232. The van der Waals surface area contributed by atoms with Crippen molar-refractivity contribution in [1.29, 1.82) is 0 Å². The molecule has 1 saturated heterocycles. The molecule has 0 radical (unpaired) electrons. The van der Waals surface area contributed by atoms with Crippen molar-refractivity contribution >= 4 is 28.3 Å². The van der Waals surface area contributed by atoms with Crippen molar-refractivity contribution in [2.75, 3.05) is 26.2 Å². The van der Waals surface area contributed by atoms with Crippen LogP contribution in [-0.4, -0.2) is 36.2 Å². The minimum atomic E-state index is 0. The van der Waals surface area contributed by atoms with Gasteiger partial charge < -0.3 is 10.4 Å². The van der Waals surface area contributed by atoms with Crippen molar-refractivity contribution in [2.24, 2.45) is 0 Å². The summed E-state index contributed by atoms with van der Waals surface area (Å²) in [6.07, 6.45) is 0. The fraction of sp³-hybridized carbons (Fsp3) is 0.455. The summed E-state index contributed by atoms with van der Waals surface area (Å²) >= 11 is 3.41. The van der Waals surface area contributed by atoms with Crippen LogP contribution in [0.2, 0.25) is 0 Å². The highest BCUT2D eigenvalue weighted by Gasteiger charge is 2.12. The second kappa shape index (κ2) is 6.45. The van der Waals surface area contributed by atoms with Gasteiger partial charge in [-0.25, -0.2) is 0 Å². The van der Waals surface area contributed by atoms with Crippen molar-refractivity contribution in [3.63, 3.8) is 0 Å². The molecule has 1 aliphatic heterocycles. The fourth-order valence-electron chi connectivity index (χ4n) is 1.80. The van der Waals surface area contributed by atoms with Crippen LogP contribution in [0.25, 0.3) is 0 Å². The Morgan fingerprint density at radius 3 is 2.69 bits per heavy atom. The molecule has 3 nitrogen and oxygen atoms in total. The van der Waals surface area contributed by atoms with Crippen LogP contribution in [0.5, 0.6) is 5.75 Å². The van der Waals surface area contributed by atoms with E-state index in [1.54, 1.807) is 6.07 Å². The number of aromatic hydroxyl groups is 1. The average Bonchev–Trinajstić information content (AvgIpc) is 2.26. The third-order valence-corrected chi connectivity index (χ3v) is 3.58. The van der Waals surface area contributed by atoms with E-state index in [2.05, 4.69) is 26.1 Å². The Hall–Kier alpha value is -0.290. The SMILES string of the molecule is Cl.Oc1cccc(CN2CCNCC2)c1Br. The normalized spacial score (nSPS) is 16.8. The average molecular weight is 308 g/mol. The Morgan fingerprint density at radius 1 is 1.31 bits per heavy atom. The molecule has 0 spiro atoms. The maximum absolute atomic E-state index is 9.55. The molecule has 16 heavy (non-hydrogen) atoms. The molecule has 0 bridgehead atoms. The van der Waals surface area contributed by atoms with Gasteiger partial charge in [0.25, 0.3) is 0 Å². The van der Waals surface area contributed by atoms with E-state index < -0.39 is 0 Å². The number of nitrogens with zero attached hydrogens (tertiary/aromatic N) is 1. The van der Waals surface area contributed by atoms with Crippen LogP contribution in [0.4, 0.5) is 0 Å². The number of hydrogen-bond donors (Lipinski definition) is 2. The van der Waals surface area contributed by atoms with Crippen molar-refractivity contribution in [1.82, 2.24) is 10.2 Å². The summed E-state index contributed by atoms with van der Waals surface area (Å²) in [4.78, 5) is 2.38. The molecule has 1 aromatic rings. The Bertz CT molecular complexity index is 343. The number of phenols is 1. The van der Waals surface area contributed by atoms with E-state index in [9.17, 15) is 5.11 Å². The van der Waals surface area contributed by atoms with Crippen molar-refractivity contribution in [2.45, 2.75) is 6.54 Å². The van der Waals surface area contributed by atoms with Crippen molar-refractivity contribution < 1.29 is 5.11 Å². The number of phenolic OH excluding ortho intramolecular Hbond substituents is 1. The van der Waals surface area contributed by atoms with E-state index >= 15 is 0 Å². The maximum Gasteiger partial charge on any atom is 0.130 e. The maximum atomic E-state index is 9.55. The van der Waals surface area contributed by atoms with E-state index in [-0.39, 0.29) is 12.4 Å². The summed E-state index contributed by atoms with van der Waals surface area (Å²) in [5, 5.41) is 12.9. The quantitative estimate of drug-likeness (QED) is 0.877. The minimum absolute atomic E-state index is 0. The molecule has 0 aromatic heterocycles. The zero-order valence-corrected chi connectivity index (χ0v) is 11.4. The first-order valence-electron chi connectivity index (χ1n) is 5.17. The highest BCUT2D eigenvalue weighted by atomic mass is 79.9. The highest BCUT2D eigenvalue weighted by Crippen LogP contribution is 2.28. The van der Waals surface area contributed by atoms with Gasteiger partial charge in [-0.1, -0.05) is 12.1 Å². The van der Waals surface area contributed by atoms with Crippen molar-refractivity contribution in [3.05, 3.63) is 28.2 Å². The first-order chi connectivity index (χ1) is 7.27. The molecule has 1 heterocycles. The molecule has 0 amide bonds. The Morgan fingerprint density at radius 2 is 2.00 bits per heavy atom. The first kappa shape index (κ1) is 13.8. The lowest BCUT2D eigenvalue weighted by atomic mass is 10.2. The van der Waals surface area contributed by atoms with Gasteiger partial charge in [0.1, 0.15) is 5.75 Å². The van der Waals surface area contributed by atoms with Gasteiger partial charge >= 0.3 is 0 Å². The third-order valence-electron chi connectivity index (χ3n) is 2.66. The summed E-state index contributed by atoms with van der Waals surface area (Å²) in [5.41, 5.74) is 1.15. The van der Waals surface area contributed by atoms with E-state index in [4.69, 9.17) is 0 Å². The van der Waals surface area contributed by atoms with Gasteiger partial charge in [0.05, 0.1) is 4.47 Å². The molecule has 0 atom stereocenters. The largest absolute Gasteiger partial charge is 0.507 e. The lowest BCUT2D eigenvalue weighted by Crippen LogP contribution is -2.42. The summed E-state index contributed by atoms with van der Waals surface area (Å²) in [6.45, 7) is 5.15. The molecular formula is C11H16BrClN2O. The van der Waals surface area contributed by atoms with E-state index in [0.29, 0.717) is 5.75 Å². The topological polar surface area (TPSA) is 35.5 Å². The number of rotatable bonds is 2. The lowest BCUT2D eigenvalue weighted by Gasteiger charge is -2.27. The Kier molecular flexibility index (Phi) is 5.55. The Labute approximate surface area is 110 Å². The zero-order valence-electron chi connectivity index (χ0n) is 8.95. The first-order valence-corrected chi connectivity index (χ1v) is 5.96. The van der Waals surface area contributed by atoms with Crippen LogP contribution in [0, 0.1) is 0 Å². The summed E-state index contributed by atoms with van der Waals surface area (Å²) < 4.78 is 0.823. The number of benzene rings is 1. The smallest absolute Gasteiger partial charge is 0.130 e. The minimum Gasteiger partial charge on any atom is -0.507 e. The van der Waals surface area contributed by atoms with E-state index in [0.717, 1.165) is 42.8 Å². The molecule has 1 aliphatic rings. The number of nitrogens with one attached hydrogen (secondary N) is 1. The molecule has 90 valence electrons. The molecule has 1 aromatic carbocycles. The van der Waals surface area contributed by atoms with Crippen LogP contribution < -0.4 is 5.32 Å². The molecule has 2 rings (SSSR count). The number of hydrogen-bond acceptors (Lipinski definition) is 3. The van der Waals surface area contributed by atoms with Crippen LogP contribution in [0.1, 0.15) is 5.56 Å². The fourth-order valence-corrected chi connectivity index (χ4v) is 2.19. The van der Waals surface area contributed by atoms with Crippen LogP contribution in [0.3, 0.4) is 0 Å². The third kappa shape index (κ3) is 3.35. The summed E-state index contributed by atoms with van der Waals surface area (Å²) in [5.74, 6) is 0.322. The van der Waals surface area contributed by atoms with Crippen LogP contribution >= 0.6 is 28.3 Å². The van der Waals surface area contributed by atoms with Crippen LogP contribution in [0.15, 0.2) is 22.7 Å². The molecule has 0 unspecified atom stereocenters. The van der Waals surface area contributed by atoms with Gasteiger partial charge in [0.15, 0.2) is 0 Å².